The summed E-state index contributed by atoms with van der Waals surface area (Å²) >= 11 is 1.52. The first kappa shape index (κ1) is 24.6. The van der Waals surface area contributed by atoms with Gasteiger partial charge < -0.3 is 19.5 Å². The number of ether oxygens (including phenoxy) is 3. The number of amides is 1. The Balaban J connectivity index is 1.19. The normalized spacial score (nSPS) is 15.4. The van der Waals surface area contributed by atoms with Gasteiger partial charge in [-0.05, 0) is 29.8 Å². The summed E-state index contributed by atoms with van der Waals surface area (Å²) in [6.45, 7) is 7.55. The van der Waals surface area contributed by atoms with Crippen LogP contribution in [0.15, 0.2) is 48.0 Å². The molecule has 2 aromatic heterocycles. The third kappa shape index (κ3) is 6.79. The van der Waals surface area contributed by atoms with E-state index in [-0.39, 0.29) is 12.7 Å². The Labute approximate surface area is 215 Å². The third-order valence-electron chi connectivity index (χ3n) is 6.22. The second-order valence-corrected chi connectivity index (χ2v) is 9.75. The quantitative estimate of drug-likeness (QED) is 0.422. The summed E-state index contributed by atoms with van der Waals surface area (Å²) in [5.74, 6) is 1.43. The molecule has 0 atom stereocenters. The molecule has 0 radical (unpaired) electrons. The summed E-state index contributed by atoms with van der Waals surface area (Å²) in [5, 5.41) is 5.72. The van der Waals surface area contributed by atoms with E-state index in [9.17, 15) is 4.79 Å². The lowest BCUT2D eigenvalue weighted by atomic mass is 10.2. The lowest BCUT2D eigenvalue weighted by Crippen LogP contribution is -2.41. The zero-order chi connectivity index (χ0) is 24.6. The summed E-state index contributed by atoms with van der Waals surface area (Å²) in [6, 6.07) is 11.9. The largest absolute Gasteiger partial charge is 0.454 e. The molecule has 2 aliphatic heterocycles. The molecular formula is C26H31N5O4S. The average molecular weight is 510 g/mol. The van der Waals surface area contributed by atoms with E-state index in [1.54, 1.807) is 6.20 Å². The van der Waals surface area contributed by atoms with Crippen LogP contribution in [0.4, 0.5) is 0 Å². The molecule has 0 bridgehead atoms. The van der Waals surface area contributed by atoms with Crippen LogP contribution in [0, 0.1) is 0 Å². The molecule has 4 heterocycles. The molecule has 1 saturated heterocycles. The molecule has 190 valence electrons. The van der Waals surface area contributed by atoms with Crippen LogP contribution < -0.4 is 14.8 Å². The summed E-state index contributed by atoms with van der Waals surface area (Å²) in [4.78, 5) is 26.4. The second-order valence-electron chi connectivity index (χ2n) is 8.81. The molecule has 1 amide bonds. The van der Waals surface area contributed by atoms with Crippen molar-refractivity contribution in [3.63, 3.8) is 0 Å². The molecule has 1 N–H and O–H groups in total. The lowest BCUT2D eigenvalue weighted by molar-refractivity contribution is 0.0325. The minimum atomic E-state index is -0.149. The summed E-state index contributed by atoms with van der Waals surface area (Å²) in [6.07, 6.45) is 2.45. The van der Waals surface area contributed by atoms with Crippen molar-refractivity contribution in [3.05, 3.63) is 69.9 Å². The number of benzene rings is 1. The zero-order valence-electron chi connectivity index (χ0n) is 20.2. The van der Waals surface area contributed by atoms with E-state index in [0.29, 0.717) is 25.2 Å². The van der Waals surface area contributed by atoms with Crippen molar-refractivity contribution in [2.24, 2.45) is 0 Å². The second kappa shape index (κ2) is 12.3. The van der Waals surface area contributed by atoms with Gasteiger partial charge in [-0.1, -0.05) is 12.1 Å². The fourth-order valence-corrected chi connectivity index (χ4v) is 5.05. The molecule has 0 unspecified atom stereocenters. The van der Waals surface area contributed by atoms with Crippen molar-refractivity contribution in [2.75, 3.05) is 52.7 Å². The number of fused-ring (bicyclic) bond motifs is 1. The monoisotopic (exact) mass is 509 g/mol. The Morgan fingerprint density at radius 1 is 1.11 bits per heavy atom. The van der Waals surface area contributed by atoms with E-state index in [1.165, 1.54) is 11.3 Å². The van der Waals surface area contributed by atoms with Gasteiger partial charge in [0, 0.05) is 63.0 Å². The predicted molar refractivity (Wildman–Crippen MR) is 136 cm³/mol. The third-order valence-corrected chi connectivity index (χ3v) is 7.05. The highest BCUT2D eigenvalue weighted by atomic mass is 32.1. The zero-order valence-corrected chi connectivity index (χ0v) is 21.0. The number of thiazole rings is 1. The maximum atomic E-state index is 12.6. The van der Waals surface area contributed by atoms with Crippen LogP contribution in [-0.2, 0) is 24.2 Å². The molecule has 3 aromatic rings. The lowest BCUT2D eigenvalue weighted by Gasteiger charge is -2.29. The summed E-state index contributed by atoms with van der Waals surface area (Å²) in [7, 11) is 0. The van der Waals surface area contributed by atoms with Crippen LogP contribution in [0.2, 0.25) is 0 Å². The minimum absolute atomic E-state index is 0.149. The number of carbonyl (C=O) groups excluding carboxylic acids is 1. The highest BCUT2D eigenvalue weighted by Crippen LogP contribution is 2.33. The van der Waals surface area contributed by atoms with Crippen molar-refractivity contribution in [2.45, 2.75) is 19.5 Å². The first-order valence-electron chi connectivity index (χ1n) is 12.3. The molecular weight excluding hydrogens is 478 g/mol. The van der Waals surface area contributed by atoms with Crippen molar-refractivity contribution in [1.29, 1.82) is 0 Å². The SMILES string of the molecule is O=C(NCCc1ccccn1)c1csc(CN(CCN2CCOCC2)Cc2ccc3c(c2)OCO3)n1. The average Bonchev–Trinajstić information content (AvgIpc) is 3.58. The number of nitrogens with zero attached hydrogens (tertiary/aromatic N) is 4. The van der Waals surface area contributed by atoms with Gasteiger partial charge in [-0.2, -0.15) is 0 Å². The van der Waals surface area contributed by atoms with E-state index in [1.807, 2.05) is 35.7 Å². The molecule has 1 fully saturated rings. The van der Waals surface area contributed by atoms with E-state index >= 15 is 0 Å². The maximum Gasteiger partial charge on any atom is 0.270 e. The van der Waals surface area contributed by atoms with Gasteiger partial charge in [-0.3, -0.25) is 19.6 Å². The smallest absolute Gasteiger partial charge is 0.270 e. The molecule has 2 aliphatic rings. The van der Waals surface area contributed by atoms with Gasteiger partial charge in [0.15, 0.2) is 11.5 Å². The Morgan fingerprint density at radius 3 is 2.86 bits per heavy atom. The van der Waals surface area contributed by atoms with E-state index in [4.69, 9.17) is 14.2 Å². The van der Waals surface area contributed by atoms with Gasteiger partial charge in [0.25, 0.3) is 5.91 Å². The van der Waals surface area contributed by atoms with Gasteiger partial charge in [0.2, 0.25) is 6.79 Å². The van der Waals surface area contributed by atoms with Gasteiger partial charge >= 0.3 is 0 Å². The highest BCUT2D eigenvalue weighted by Gasteiger charge is 2.18. The number of nitrogens with one attached hydrogen (secondary N) is 1. The van der Waals surface area contributed by atoms with Crippen molar-refractivity contribution < 1.29 is 19.0 Å². The number of hydrogen-bond donors (Lipinski definition) is 1. The predicted octanol–water partition coefficient (Wildman–Crippen LogP) is 2.57. The first-order valence-corrected chi connectivity index (χ1v) is 13.1. The topological polar surface area (TPSA) is 89.1 Å². The molecule has 5 rings (SSSR count). The minimum Gasteiger partial charge on any atom is -0.454 e. The summed E-state index contributed by atoms with van der Waals surface area (Å²) < 4.78 is 16.5. The van der Waals surface area contributed by atoms with Crippen LogP contribution in [0.5, 0.6) is 11.5 Å². The van der Waals surface area contributed by atoms with Gasteiger partial charge in [-0.25, -0.2) is 4.98 Å². The molecule has 9 nitrogen and oxygen atoms in total. The Morgan fingerprint density at radius 2 is 2.00 bits per heavy atom. The molecule has 0 spiro atoms. The summed E-state index contributed by atoms with van der Waals surface area (Å²) in [5.41, 5.74) is 2.58. The molecule has 0 aliphatic carbocycles. The molecule has 10 heteroatoms. The van der Waals surface area contributed by atoms with Crippen LogP contribution >= 0.6 is 11.3 Å². The standard InChI is InChI=1S/C26H31N5O4S/c32-26(28-8-6-21-3-1-2-7-27-21)22-18-36-25(29-22)17-31(10-9-30-11-13-33-14-12-30)16-20-4-5-23-24(15-20)35-19-34-23/h1-5,7,15,18H,6,8-14,16-17,19H2,(H,28,32). The number of aromatic nitrogens is 2. The number of carbonyl (C=O) groups is 1. The fourth-order valence-electron chi connectivity index (χ4n) is 4.24. The van der Waals surface area contributed by atoms with Crippen molar-refractivity contribution in [3.8, 4) is 11.5 Å². The van der Waals surface area contributed by atoms with Gasteiger partial charge in [-0.15, -0.1) is 11.3 Å². The van der Waals surface area contributed by atoms with Crippen LogP contribution in [0.1, 0.15) is 26.8 Å². The number of rotatable bonds is 11. The van der Waals surface area contributed by atoms with Gasteiger partial charge in [0.1, 0.15) is 10.7 Å². The molecule has 0 saturated carbocycles. The fraction of sp³-hybridized carbons (Fsp3) is 0.423. The van der Waals surface area contributed by atoms with Crippen LogP contribution in [-0.4, -0.2) is 78.4 Å². The van der Waals surface area contributed by atoms with Crippen LogP contribution in [0.3, 0.4) is 0 Å². The molecule has 1 aromatic carbocycles. The van der Waals surface area contributed by atoms with Crippen molar-refractivity contribution in [1.82, 2.24) is 25.1 Å². The maximum absolute atomic E-state index is 12.6. The van der Waals surface area contributed by atoms with E-state index < -0.39 is 0 Å². The first-order chi connectivity index (χ1) is 17.7. The van der Waals surface area contributed by atoms with E-state index in [2.05, 4.69) is 31.2 Å². The van der Waals surface area contributed by atoms with E-state index in [0.717, 1.165) is 73.7 Å². The van der Waals surface area contributed by atoms with Crippen molar-refractivity contribution >= 4 is 17.2 Å². The number of pyridine rings is 1. The van der Waals surface area contributed by atoms with Crippen LogP contribution in [0.25, 0.3) is 0 Å². The Bertz CT molecular complexity index is 1140. The Kier molecular flexibility index (Phi) is 8.39. The molecule has 36 heavy (non-hydrogen) atoms. The number of hydrogen-bond acceptors (Lipinski definition) is 9. The Hall–Kier alpha value is -3.05. The highest BCUT2D eigenvalue weighted by molar-refractivity contribution is 7.09. The van der Waals surface area contributed by atoms with Gasteiger partial charge in [0.05, 0.1) is 19.8 Å². The number of morpholine rings is 1.